The molecule has 2 aromatic rings. The van der Waals surface area contributed by atoms with Crippen LogP contribution in [0.3, 0.4) is 0 Å². The first kappa shape index (κ1) is 11.9. The molecular formula is C15H15N3O. The highest BCUT2D eigenvalue weighted by Gasteiger charge is 2.44. The smallest absolute Gasteiger partial charge is 0.180 e. The van der Waals surface area contributed by atoms with Gasteiger partial charge in [0, 0.05) is 0 Å². The molecule has 4 nitrogen and oxygen atoms in total. The highest BCUT2D eigenvalue weighted by molar-refractivity contribution is 5.48. The van der Waals surface area contributed by atoms with Crippen LogP contribution in [-0.2, 0) is 5.54 Å². The Balaban J connectivity index is 1.95. The minimum absolute atomic E-state index is 0.739. The van der Waals surface area contributed by atoms with Crippen molar-refractivity contribution in [2.24, 2.45) is 10.3 Å². The Labute approximate surface area is 112 Å². The van der Waals surface area contributed by atoms with Crippen molar-refractivity contribution in [1.29, 1.82) is 0 Å². The molecule has 0 aromatic heterocycles. The molecular weight excluding hydrogens is 238 g/mol. The van der Waals surface area contributed by atoms with Gasteiger partial charge in [0.05, 0.1) is 5.69 Å². The number of hydrogen-bond donors (Lipinski definition) is 1. The van der Waals surface area contributed by atoms with E-state index in [4.69, 9.17) is 0 Å². The first-order valence-electron chi connectivity index (χ1n) is 6.22. The number of benzene rings is 2. The van der Waals surface area contributed by atoms with Gasteiger partial charge in [-0.05, 0) is 24.6 Å². The zero-order valence-corrected chi connectivity index (χ0v) is 10.6. The van der Waals surface area contributed by atoms with Gasteiger partial charge in [0.2, 0.25) is 0 Å². The number of para-hydroxylation sites is 1. The van der Waals surface area contributed by atoms with Crippen molar-refractivity contribution in [3.8, 4) is 0 Å². The summed E-state index contributed by atoms with van der Waals surface area (Å²) in [5.74, 6) is 0. The molecule has 0 bridgehead atoms. The molecule has 1 aliphatic heterocycles. The van der Waals surface area contributed by atoms with Crippen LogP contribution in [0.1, 0.15) is 12.5 Å². The molecule has 0 spiro atoms. The largest absolute Gasteiger partial charge is 0.369 e. The third kappa shape index (κ3) is 1.90. The van der Waals surface area contributed by atoms with E-state index in [1.54, 1.807) is 5.01 Å². The Kier molecular flexibility index (Phi) is 2.80. The summed E-state index contributed by atoms with van der Waals surface area (Å²) in [6.45, 7) is 1.89. The average Bonchev–Trinajstić information content (AvgIpc) is 2.78. The third-order valence-corrected chi connectivity index (χ3v) is 3.46. The topological polar surface area (TPSA) is 48.2 Å². The van der Waals surface area contributed by atoms with Crippen molar-refractivity contribution in [2.75, 3.05) is 5.01 Å². The molecule has 0 saturated carbocycles. The highest BCUT2D eigenvalue weighted by Crippen LogP contribution is 2.38. The fourth-order valence-electron chi connectivity index (χ4n) is 2.24. The Morgan fingerprint density at radius 1 is 1.00 bits per heavy atom. The molecule has 0 saturated heterocycles. The number of aliphatic hydroxyl groups excluding tert-OH is 1. The first-order chi connectivity index (χ1) is 9.22. The van der Waals surface area contributed by atoms with Crippen LogP contribution in [0.2, 0.25) is 0 Å². The molecule has 1 aliphatic rings. The van der Waals surface area contributed by atoms with E-state index in [9.17, 15) is 5.11 Å². The monoisotopic (exact) mass is 253 g/mol. The second-order valence-corrected chi connectivity index (χ2v) is 4.76. The van der Waals surface area contributed by atoms with Gasteiger partial charge < -0.3 is 5.11 Å². The summed E-state index contributed by atoms with van der Waals surface area (Å²) in [6, 6.07) is 19.3. The van der Waals surface area contributed by atoms with Crippen LogP contribution in [0.5, 0.6) is 0 Å². The number of hydrogen-bond acceptors (Lipinski definition) is 4. The van der Waals surface area contributed by atoms with Crippen LogP contribution >= 0.6 is 0 Å². The molecule has 3 rings (SSSR count). The molecule has 0 amide bonds. The Hall–Kier alpha value is -2.20. The second-order valence-electron chi connectivity index (χ2n) is 4.76. The van der Waals surface area contributed by atoms with Crippen molar-refractivity contribution in [3.05, 3.63) is 66.2 Å². The minimum Gasteiger partial charge on any atom is -0.369 e. The van der Waals surface area contributed by atoms with Gasteiger partial charge >= 0.3 is 0 Å². The number of nitrogens with zero attached hydrogens (tertiary/aromatic N) is 3. The summed E-state index contributed by atoms with van der Waals surface area (Å²) in [5.41, 5.74) is 1.04. The Morgan fingerprint density at radius 2 is 1.58 bits per heavy atom. The van der Waals surface area contributed by atoms with E-state index >= 15 is 0 Å². The lowest BCUT2D eigenvalue weighted by atomic mass is 9.91. The molecule has 0 aliphatic carbocycles. The van der Waals surface area contributed by atoms with E-state index < -0.39 is 11.8 Å². The van der Waals surface area contributed by atoms with E-state index in [0.717, 1.165) is 11.3 Å². The maximum absolute atomic E-state index is 10.6. The molecule has 96 valence electrons. The molecule has 2 unspecified atom stereocenters. The van der Waals surface area contributed by atoms with E-state index in [-0.39, 0.29) is 0 Å². The molecule has 2 atom stereocenters. The van der Waals surface area contributed by atoms with Crippen LogP contribution < -0.4 is 5.01 Å². The van der Waals surface area contributed by atoms with Gasteiger partial charge in [-0.2, -0.15) is 5.11 Å². The zero-order chi connectivity index (χ0) is 13.3. The van der Waals surface area contributed by atoms with Crippen LogP contribution in [-0.4, -0.2) is 11.3 Å². The van der Waals surface area contributed by atoms with Gasteiger partial charge in [-0.15, -0.1) is 0 Å². The number of anilines is 1. The summed E-state index contributed by atoms with van der Waals surface area (Å²) in [7, 11) is 0. The van der Waals surface area contributed by atoms with Crippen molar-refractivity contribution in [1.82, 2.24) is 0 Å². The van der Waals surface area contributed by atoms with Gasteiger partial charge in [0.15, 0.2) is 11.8 Å². The summed E-state index contributed by atoms with van der Waals surface area (Å²) in [6.07, 6.45) is -0.808. The Morgan fingerprint density at radius 3 is 2.21 bits per heavy atom. The first-order valence-corrected chi connectivity index (χ1v) is 6.22. The fraction of sp³-hybridized carbons (Fsp3) is 0.200. The molecule has 1 N–H and O–H groups in total. The van der Waals surface area contributed by atoms with Crippen LogP contribution in [0.4, 0.5) is 5.69 Å². The predicted molar refractivity (Wildman–Crippen MR) is 73.6 cm³/mol. The van der Waals surface area contributed by atoms with E-state index in [1.165, 1.54) is 0 Å². The third-order valence-electron chi connectivity index (χ3n) is 3.46. The summed E-state index contributed by atoms with van der Waals surface area (Å²) in [5, 5.41) is 20.5. The van der Waals surface area contributed by atoms with Crippen molar-refractivity contribution < 1.29 is 5.11 Å². The number of rotatable bonds is 2. The van der Waals surface area contributed by atoms with Crippen molar-refractivity contribution in [3.63, 3.8) is 0 Å². The van der Waals surface area contributed by atoms with Crippen molar-refractivity contribution >= 4 is 5.69 Å². The highest BCUT2D eigenvalue weighted by atomic mass is 16.3. The molecule has 4 heteroatoms. The maximum Gasteiger partial charge on any atom is 0.180 e. The molecule has 19 heavy (non-hydrogen) atoms. The molecule has 0 fully saturated rings. The number of aliphatic hydroxyl groups is 1. The SMILES string of the molecule is CC1(c2ccccc2)N=NN(c2ccccc2)C1O. The van der Waals surface area contributed by atoms with Crippen LogP contribution in [0.15, 0.2) is 71.0 Å². The quantitative estimate of drug-likeness (QED) is 0.894. The standard InChI is InChI=1S/C15H15N3O/c1-15(12-8-4-2-5-9-12)14(19)18(17-16-15)13-10-6-3-7-11-13/h2-11,14,19H,1H3. The normalized spacial score (nSPS) is 25.8. The lowest BCUT2D eigenvalue weighted by Crippen LogP contribution is -2.41. The van der Waals surface area contributed by atoms with E-state index in [1.807, 2.05) is 67.6 Å². The predicted octanol–water partition coefficient (Wildman–Crippen LogP) is 3.11. The summed E-state index contributed by atoms with van der Waals surface area (Å²) < 4.78 is 0. The van der Waals surface area contributed by atoms with Crippen LogP contribution in [0, 0.1) is 0 Å². The lowest BCUT2D eigenvalue weighted by Gasteiger charge is -2.28. The Bertz CT molecular complexity index is 585. The second kappa shape index (κ2) is 4.48. The van der Waals surface area contributed by atoms with Gasteiger partial charge in [-0.1, -0.05) is 53.8 Å². The summed E-state index contributed by atoms with van der Waals surface area (Å²) in [4.78, 5) is 0. The summed E-state index contributed by atoms with van der Waals surface area (Å²) >= 11 is 0. The average molecular weight is 253 g/mol. The van der Waals surface area contributed by atoms with E-state index in [0.29, 0.717) is 0 Å². The van der Waals surface area contributed by atoms with E-state index in [2.05, 4.69) is 10.3 Å². The van der Waals surface area contributed by atoms with Gasteiger partial charge in [0.25, 0.3) is 0 Å². The molecule has 1 heterocycles. The van der Waals surface area contributed by atoms with Crippen LogP contribution in [0.25, 0.3) is 0 Å². The zero-order valence-electron chi connectivity index (χ0n) is 10.6. The van der Waals surface area contributed by atoms with Gasteiger partial charge in [-0.25, -0.2) is 5.01 Å². The molecule has 2 aromatic carbocycles. The van der Waals surface area contributed by atoms with Gasteiger partial charge in [-0.3, -0.25) is 0 Å². The lowest BCUT2D eigenvalue weighted by molar-refractivity contribution is 0.112. The minimum atomic E-state index is -0.808. The fourth-order valence-corrected chi connectivity index (χ4v) is 2.24. The van der Waals surface area contributed by atoms with Gasteiger partial charge in [0.1, 0.15) is 0 Å². The van der Waals surface area contributed by atoms with Crippen molar-refractivity contribution in [2.45, 2.75) is 18.7 Å². The molecule has 0 radical (unpaired) electrons. The maximum atomic E-state index is 10.6.